The van der Waals surface area contributed by atoms with E-state index in [1.54, 1.807) is 6.07 Å². The highest BCUT2D eigenvalue weighted by atomic mass is 16.5. The average molecular weight is 168 g/mol. The molecule has 1 aromatic heterocycles. The van der Waals surface area contributed by atoms with Crippen molar-refractivity contribution in [2.45, 2.75) is 18.8 Å². The van der Waals surface area contributed by atoms with Gasteiger partial charge in [-0.05, 0) is 25.9 Å². The first kappa shape index (κ1) is 7.61. The second-order valence-electron chi connectivity index (χ2n) is 3.15. The zero-order chi connectivity index (χ0) is 8.39. The van der Waals surface area contributed by atoms with Crippen LogP contribution in [0.15, 0.2) is 15.4 Å². The van der Waals surface area contributed by atoms with Crippen LogP contribution < -0.4 is 10.9 Å². The molecule has 4 heteroatoms. The van der Waals surface area contributed by atoms with Crippen molar-refractivity contribution < 1.29 is 4.52 Å². The largest absolute Gasteiger partial charge is 0.357 e. The molecule has 66 valence electrons. The fraction of sp³-hybridized carbons (Fsp3) is 0.625. The zero-order valence-corrected chi connectivity index (χ0v) is 6.80. The van der Waals surface area contributed by atoms with E-state index in [4.69, 9.17) is 0 Å². The van der Waals surface area contributed by atoms with Crippen molar-refractivity contribution >= 4 is 0 Å². The summed E-state index contributed by atoms with van der Waals surface area (Å²) in [5.41, 5.74) is 0.671. The Bertz CT molecular complexity index is 296. The minimum Gasteiger partial charge on any atom is -0.339 e. The van der Waals surface area contributed by atoms with Crippen LogP contribution in [0.5, 0.6) is 0 Å². The average Bonchev–Trinajstić information content (AvgIpc) is 2.54. The summed E-state index contributed by atoms with van der Waals surface area (Å²) in [7, 11) is 0. The van der Waals surface area contributed by atoms with Gasteiger partial charge in [0.2, 0.25) is 0 Å². The summed E-state index contributed by atoms with van der Waals surface area (Å²) in [6.07, 6.45) is 2.16. The molecule has 4 nitrogen and oxygen atoms in total. The third-order valence-corrected chi connectivity index (χ3v) is 2.32. The van der Waals surface area contributed by atoms with Gasteiger partial charge >= 0.3 is 5.63 Å². The summed E-state index contributed by atoms with van der Waals surface area (Å²) in [5, 5.41) is 5.93. The van der Waals surface area contributed by atoms with Gasteiger partial charge in [-0.3, -0.25) is 0 Å². The van der Waals surface area contributed by atoms with Gasteiger partial charge in [0.05, 0.1) is 5.69 Å². The third-order valence-electron chi connectivity index (χ3n) is 2.32. The van der Waals surface area contributed by atoms with Crippen LogP contribution in [0.1, 0.15) is 24.5 Å². The number of H-pyrrole nitrogens is 1. The molecule has 12 heavy (non-hydrogen) atoms. The van der Waals surface area contributed by atoms with E-state index in [0.717, 1.165) is 31.6 Å². The van der Waals surface area contributed by atoms with Crippen molar-refractivity contribution in [3.63, 3.8) is 0 Å². The summed E-state index contributed by atoms with van der Waals surface area (Å²) in [4.78, 5) is 10.7. The van der Waals surface area contributed by atoms with Crippen molar-refractivity contribution in [2.24, 2.45) is 0 Å². The molecule has 0 radical (unpaired) electrons. The molecule has 0 bridgehead atoms. The highest BCUT2D eigenvalue weighted by Crippen LogP contribution is 2.21. The molecule has 2 N–H and O–H groups in total. The lowest BCUT2D eigenvalue weighted by Gasteiger charge is -2.20. The molecule has 0 spiro atoms. The lowest BCUT2D eigenvalue weighted by molar-refractivity contribution is 0.367. The topological polar surface area (TPSA) is 58.0 Å². The quantitative estimate of drug-likeness (QED) is 0.639. The molecule has 0 saturated carbocycles. The number of aromatic amines is 1. The first-order valence-electron chi connectivity index (χ1n) is 4.25. The second-order valence-corrected chi connectivity index (χ2v) is 3.15. The summed E-state index contributed by atoms with van der Waals surface area (Å²) in [6, 6.07) is 1.55. The SMILES string of the molecule is O=c1cc(C2CCNCC2)[nH]o1. The molecule has 1 aliphatic rings. The Morgan fingerprint density at radius 1 is 1.42 bits per heavy atom. The molecule has 1 fully saturated rings. The van der Waals surface area contributed by atoms with E-state index in [1.807, 2.05) is 0 Å². The summed E-state index contributed by atoms with van der Waals surface area (Å²) in [5.74, 6) is 0.470. The van der Waals surface area contributed by atoms with Crippen LogP contribution in [-0.4, -0.2) is 18.2 Å². The Morgan fingerprint density at radius 2 is 2.17 bits per heavy atom. The van der Waals surface area contributed by atoms with E-state index >= 15 is 0 Å². The lowest BCUT2D eigenvalue weighted by Crippen LogP contribution is -2.26. The monoisotopic (exact) mass is 168 g/mol. The van der Waals surface area contributed by atoms with E-state index in [9.17, 15) is 4.79 Å². The summed E-state index contributed by atoms with van der Waals surface area (Å²) in [6.45, 7) is 2.05. The Morgan fingerprint density at radius 3 is 2.75 bits per heavy atom. The van der Waals surface area contributed by atoms with Gasteiger partial charge in [-0.25, -0.2) is 9.95 Å². The van der Waals surface area contributed by atoms with Crippen LogP contribution in [0.25, 0.3) is 0 Å². The minimum absolute atomic E-state index is 0.275. The fourth-order valence-electron chi connectivity index (χ4n) is 1.63. The Hall–Kier alpha value is -1.03. The maximum absolute atomic E-state index is 10.7. The Balaban J connectivity index is 2.13. The predicted octanol–water partition coefficient (Wildman–Crippen LogP) is 0.435. The second kappa shape index (κ2) is 3.15. The fourth-order valence-corrected chi connectivity index (χ4v) is 1.63. The highest BCUT2D eigenvalue weighted by molar-refractivity contribution is 5.05. The molecule has 1 saturated heterocycles. The Kier molecular flexibility index (Phi) is 1.99. The number of rotatable bonds is 1. The van der Waals surface area contributed by atoms with Gasteiger partial charge in [0.15, 0.2) is 0 Å². The maximum Gasteiger partial charge on any atom is 0.357 e. The molecule has 0 aliphatic carbocycles. The van der Waals surface area contributed by atoms with Crippen LogP contribution in [0.3, 0.4) is 0 Å². The number of nitrogens with one attached hydrogen (secondary N) is 2. The number of piperidine rings is 1. The van der Waals surface area contributed by atoms with E-state index in [0.29, 0.717) is 5.92 Å². The number of aromatic nitrogens is 1. The first-order valence-corrected chi connectivity index (χ1v) is 4.25. The maximum atomic E-state index is 10.7. The smallest absolute Gasteiger partial charge is 0.339 e. The first-order chi connectivity index (χ1) is 5.86. The van der Waals surface area contributed by atoms with E-state index < -0.39 is 0 Å². The van der Waals surface area contributed by atoms with Crippen molar-refractivity contribution in [1.82, 2.24) is 10.5 Å². The van der Waals surface area contributed by atoms with Crippen LogP contribution in [-0.2, 0) is 0 Å². The molecule has 0 atom stereocenters. The van der Waals surface area contributed by atoms with Gasteiger partial charge < -0.3 is 9.84 Å². The standard InChI is InChI=1S/C8H12N2O2/c11-8-5-7(10-12-8)6-1-3-9-4-2-6/h5-6,9-10H,1-4H2. The number of hydrogen-bond acceptors (Lipinski definition) is 3. The van der Waals surface area contributed by atoms with Crippen molar-refractivity contribution in [3.05, 3.63) is 22.2 Å². The molecule has 1 aliphatic heterocycles. The van der Waals surface area contributed by atoms with Crippen molar-refractivity contribution in [1.29, 1.82) is 0 Å². The van der Waals surface area contributed by atoms with Crippen LogP contribution >= 0.6 is 0 Å². The van der Waals surface area contributed by atoms with Gasteiger partial charge in [-0.1, -0.05) is 0 Å². The highest BCUT2D eigenvalue weighted by Gasteiger charge is 2.16. The molecule has 2 heterocycles. The van der Waals surface area contributed by atoms with Crippen molar-refractivity contribution in [2.75, 3.05) is 13.1 Å². The van der Waals surface area contributed by atoms with Crippen molar-refractivity contribution in [3.8, 4) is 0 Å². The van der Waals surface area contributed by atoms with Gasteiger partial charge in [0, 0.05) is 12.0 Å². The van der Waals surface area contributed by atoms with Crippen LogP contribution in [0, 0.1) is 0 Å². The van der Waals surface area contributed by atoms with E-state index in [2.05, 4.69) is 15.0 Å². The zero-order valence-electron chi connectivity index (χ0n) is 6.80. The minimum atomic E-state index is -0.275. The molecule has 0 aromatic carbocycles. The van der Waals surface area contributed by atoms with E-state index in [1.165, 1.54) is 0 Å². The van der Waals surface area contributed by atoms with Gasteiger partial charge in [-0.15, -0.1) is 0 Å². The predicted molar refractivity (Wildman–Crippen MR) is 44.2 cm³/mol. The molecule has 2 rings (SSSR count). The summed E-state index contributed by atoms with van der Waals surface area (Å²) < 4.78 is 4.62. The van der Waals surface area contributed by atoms with Gasteiger partial charge in [0.1, 0.15) is 0 Å². The molecular formula is C8H12N2O2. The van der Waals surface area contributed by atoms with E-state index in [-0.39, 0.29) is 5.63 Å². The molecule has 1 aromatic rings. The van der Waals surface area contributed by atoms with Gasteiger partial charge in [0.25, 0.3) is 0 Å². The molecule has 0 unspecified atom stereocenters. The van der Waals surface area contributed by atoms with Crippen LogP contribution in [0.2, 0.25) is 0 Å². The van der Waals surface area contributed by atoms with Crippen LogP contribution in [0.4, 0.5) is 0 Å². The summed E-state index contributed by atoms with van der Waals surface area (Å²) >= 11 is 0. The Labute approximate surface area is 69.9 Å². The lowest BCUT2D eigenvalue weighted by atomic mass is 9.95. The normalized spacial score (nSPS) is 19.7. The third kappa shape index (κ3) is 1.43. The molecular weight excluding hydrogens is 156 g/mol. The molecule has 0 amide bonds. The van der Waals surface area contributed by atoms with Gasteiger partial charge in [-0.2, -0.15) is 0 Å². The number of hydrogen-bond donors (Lipinski definition) is 2.